The quantitative estimate of drug-likeness (QED) is 0.718. The van der Waals surface area contributed by atoms with Crippen molar-refractivity contribution in [3.05, 3.63) is 59.6 Å². The van der Waals surface area contributed by atoms with Crippen LogP contribution in [-0.2, 0) is 0 Å². The molecule has 0 fully saturated rings. The van der Waals surface area contributed by atoms with E-state index in [0.29, 0.717) is 17.3 Å². The van der Waals surface area contributed by atoms with Gasteiger partial charge >= 0.3 is 0 Å². The second-order valence-electron chi connectivity index (χ2n) is 4.01. The Kier molecular flexibility index (Phi) is 2.86. The van der Waals surface area contributed by atoms with Gasteiger partial charge in [-0.25, -0.2) is 9.97 Å². The predicted molar refractivity (Wildman–Crippen MR) is 74.7 cm³/mol. The smallest absolute Gasteiger partial charge is 0.132 e. The van der Waals surface area contributed by atoms with Crippen molar-refractivity contribution < 1.29 is 0 Å². The van der Waals surface area contributed by atoms with Crippen LogP contribution >= 0.6 is 0 Å². The number of aromatic nitrogens is 2. The summed E-state index contributed by atoms with van der Waals surface area (Å²) >= 11 is 0. The first-order chi connectivity index (χ1) is 9.35. The van der Waals surface area contributed by atoms with Crippen LogP contribution in [0.25, 0.3) is 10.9 Å². The highest BCUT2D eigenvalue weighted by molar-refractivity contribution is 5.80. The van der Waals surface area contributed by atoms with Crippen molar-refractivity contribution in [1.82, 2.24) is 9.97 Å². The Morgan fingerprint density at radius 3 is 2.58 bits per heavy atom. The molecule has 0 atom stereocenters. The number of pyridine rings is 2. The van der Waals surface area contributed by atoms with Gasteiger partial charge in [0.05, 0.1) is 11.7 Å². The van der Waals surface area contributed by atoms with Crippen molar-refractivity contribution in [1.29, 1.82) is 0 Å². The largest absolute Gasteiger partial charge is 0.325 e. The fraction of sp³-hybridized carbons (Fsp3) is 0. The molecule has 0 spiro atoms. The molecule has 3 rings (SSSR count). The second kappa shape index (κ2) is 4.81. The standard InChI is InChI=1S/C14H10N4O/c19-18-11-6-8-13(15-9-11)17-14-7-5-10-3-1-2-4-12(10)16-14/h1-9H,(H,15,16,17). The maximum absolute atomic E-state index is 10.3. The molecule has 0 unspecified atom stereocenters. The third kappa shape index (κ3) is 2.40. The highest BCUT2D eigenvalue weighted by atomic mass is 16.3. The highest BCUT2D eigenvalue weighted by Gasteiger charge is 2.00. The lowest BCUT2D eigenvalue weighted by atomic mass is 10.2. The molecule has 0 amide bonds. The number of fused-ring (bicyclic) bond motifs is 1. The maximum Gasteiger partial charge on any atom is 0.132 e. The van der Waals surface area contributed by atoms with Gasteiger partial charge < -0.3 is 5.32 Å². The van der Waals surface area contributed by atoms with Gasteiger partial charge in [0, 0.05) is 5.39 Å². The van der Waals surface area contributed by atoms with Gasteiger partial charge in [-0.05, 0) is 35.5 Å². The third-order valence-corrected chi connectivity index (χ3v) is 2.71. The summed E-state index contributed by atoms with van der Waals surface area (Å²) in [5.41, 5.74) is 1.22. The molecule has 0 bridgehead atoms. The van der Waals surface area contributed by atoms with Crippen molar-refractivity contribution in [2.45, 2.75) is 0 Å². The topological polar surface area (TPSA) is 67.2 Å². The maximum atomic E-state index is 10.3. The van der Waals surface area contributed by atoms with Crippen LogP contribution in [0.1, 0.15) is 0 Å². The Bertz CT molecular complexity index is 725. The van der Waals surface area contributed by atoms with E-state index in [4.69, 9.17) is 0 Å². The van der Waals surface area contributed by atoms with Crippen LogP contribution in [0.2, 0.25) is 0 Å². The van der Waals surface area contributed by atoms with E-state index in [2.05, 4.69) is 20.5 Å². The summed E-state index contributed by atoms with van der Waals surface area (Å²) in [6, 6.07) is 15.0. The fourth-order valence-corrected chi connectivity index (χ4v) is 1.78. The van der Waals surface area contributed by atoms with Crippen LogP contribution in [0, 0.1) is 4.91 Å². The van der Waals surface area contributed by atoms with E-state index in [1.54, 1.807) is 12.1 Å². The Morgan fingerprint density at radius 1 is 0.947 bits per heavy atom. The first-order valence-corrected chi connectivity index (χ1v) is 5.77. The van der Waals surface area contributed by atoms with Gasteiger partial charge in [-0.3, -0.25) is 0 Å². The monoisotopic (exact) mass is 250 g/mol. The molecule has 3 aromatic rings. The van der Waals surface area contributed by atoms with E-state index < -0.39 is 0 Å². The lowest BCUT2D eigenvalue weighted by molar-refractivity contribution is 1.26. The summed E-state index contributed by atoms with van der Waals surface area (Å²) in [5.74, 6) is 1.33. The van der Waals surface area contributed by atoms with Crippen LogP contribution in [0.3, 0.4) is 0 Å². The first-order valence-electron chi connectivity index (χ1n) is 5.77. The molecule has 0 aliphatic carbocycles. The fourth-order valence-electron chi connectivity index (χ4n) is 1.78. The van der Waals surface area contributed by atoms with E-state index in [-0.39, 0.29) is 0 Å². The van der Waals surface area contributed by atoms with E-state index >= 15 is 0 Å². The molecule has 5 nitrogen and oxygen atoms in total. The normalized spacial score (nSPS) is 10.3. The first kappa shape index (κ1) is 11.3. The Labute approximate surface area is 109 Å². The number of nitrogens with one attached hydrogen (secondary N) is 1. The van der Waals surface area contributed by atoms with E-state index in [1.165, 1.54) is 6.20 Å². The number of para-hydroxylation sites is 1. The number of nitroso groups, excluding NO2 is 1. The summed E-state index contributed by atoms with van der Waals surface area (Å²) in [7, 11) is 0. The van der Waals surface area contributed by atoms with Gasteiger partial charge in [-0.1, -0.05) is 18.2 Å². The number of hydrogen-bond acceptors (Lipinski definition) is 5. The highest BCUT2D eigenvalue weighted by Crippen LogP contribution is 2.19. The van der Waals surface area contributed by atoms with Crippen molar-refractivity contribution in [3.8, 4) is 0 Å². The number of nitrogens with zero attached hydrogens (tertiary/aromatic N) is 3. The molecular formula is C14H10N4O. The molecule has 92 valence electrons. The van der Waals surface area contributed by atoms with E-state index in [0.717, 1.165) is 10.9 Å². The number of hydrogen-bond donors (Lipinski definition) is 1. The summed E-state index contributed by atoms with van der Waals surface area (Å²) in [5, 5.41) is 6.97. The third-order valence-electron chi connectivity index (χ3n) is 2.71. The van der Waals surface area contributed by atoms with Crippen molar-refractivity contribution in [3.63, 3.8) is 0 Å². The van der Waals surface area contributed by atoms with E-state index in [1.807, 2.05) is 36.4 Å². The van der Waals surface area contributed by atoms with Gasteiger partial charge in [0.15, 0.2) is 0 Å². The van der Waals surface area contributed by atoms with Crippen LogP contribution < -0.4 is 5.32 Å². The lowest BCUT2D eigenvalue weighted by Gasteiger charge is -2.05. The Morgan fingerprint density at radius 2 is 1.79 bits per heavy atom. The molecule has 2 heterocycles. The van der Waals surface area contributed by atoms with Gasteiger partial charge in [0.1, 0.15) is 17.3 Å². The number of anilines is 2. The Balaban J connectivity index is 1.89. The molecule has 2 aromatic heterocycles. The van der Waals surface area contributed by atoms with E-state index in [9.17, 15) is 4.91 Å². The van der Waals surface area contributed by atoms with Crippen LogP contribution in [0.15, 0.2) is 59.9 Å². The molecule has 0 radical (unpaired) electrons. The molecule has 5 heteroatoms. The van der Waals surface area contributed by atoms with Gasteiger partial charge in [-0.2, -0.15) is 0 Å². The summed E-state index contributed by atoms with van der Waals surface area (Å²) < 4.78 is 0. The summed E-state index contributed by atoms with van der Waals surface area (Å²) in [6.07, 6.45) is 1.41. The predicted octanol–water partition coefficient (Wildman–Crippen LogP) is 3.77. The molecule has 0 saturated heterocycles. The number of benzene rings is 1. The molecule has 1 N–H and O–H groups in total. The molecular weight excluding hydrogens is 240 g/mol. The van der Waals surface area contributed by atoms with Gasteiger partial charge in [0.2, 0.25) is 0 Å². The average molecular weight is 250 g/mol. The minimum Gasteiger partial charge on any atom is -0.325 e. The van der Waals surface area contributed by atoms with Crippen molar-refractivity contribution in [2.24, 2.45) is 5.18 Å². The van der Waals surface area contributed by atoms with Gasteiger partial charge in [0.25, 0.3) is 0 Å². The Hall–Kier alpha value is -2.82. The number of rotatable bonds is 3. The summed E-state index contributed by atoms with van der Waals surface area (Å²) in [4.78, 5) is 18.9. The average Bonchev–Trinajstić information content (AvgIpc) is 2.48. The summed E-state index contributed by atoms with van der Waals surface area (Å²) in [6.45, 7) is 0. The van der Waals surface area contributed by atoms with Crippen molar-refractivity contribution >= 4 is 28.2 Å². The zero-order valence-corrected chi connectivity index (χ0v) is 9.95. The molecule has 0 aliphatic heterocycles. The molecule has 0 aliphatic rings. The molecule has 19 heavy (non-hydrogen) atoms. The SMILES string of the molecule is O=Nc1ccc(Nc2ccc3ccccc3n2)nc1. The van der Waals surface area contributed by atoms with Crippen molar-refractivity contribution in [2.75, 3.05) is 5.32 Å². The molecule has 1 aromatic carbocycles. The lowest BCUT2D eigenvalue weighted by Crippen LogP contribution is -1.95. The molecule has 0 saturated carbocycles. The second-order valence-corrected chi connectivity index (χ2v) is 4.01. The van der Waals surface area contributed by atoms with Gasteiger partial charge in [-0.15, -0.1) is 4.91 Å². The van der Waals surface area contributed by atoms with Crippen LogP contribution in [-0.4, -0.2) is 9.97 Å². The minimum absolute atomic E-state index is 0.303. The zero-order chi connectivity index (χ0) is 13.1. The van der Waals surface area contributed by atoms with Crippen LogP contribution in [0.5, 0.6) is 0 Å². The van der Waals surface area contributed by atoms with Crippen LogP contribution in [0.4, 0.5) is 17.3 Å². The minimum atomic E-state index is 0.303. The zero-order valence-electron chi connectivity index (χ0n) is 9.95.